The molecule has 0 unspecified atom stereocenters. The molecule has 100 valence electrons. The summed E-state index contributed by atoms with van der Waals surface area (Å²) in [5.41, 5.74) is 7.01. The molecule has 2 rings (SSSR count). The molecule has 0 aliphatic heterocycles. The van der Waals surface area contributed by atoms with Crippen LogP contribution in [0, 0.1) is 5.41 Å². The van der Waals surface area contributed by atoms with E-state index in [1.807, 2.05) is 24.0 Å². The Morgan fingerprint density at radius 2 is 2.44 bits per heavy atom. The van der Waals surface area contributed by atoms with E-state index in [2.05, 4.69) is 15.6 Å². The molecule has 1 aliphatic rings. The molecule has 1 heterocycles. The van der Waals surface area contributed by atoms with Gasteiger partial charge >= 0.3 is 0 Å². The van der Waals surface area contributed by atoms with E-state index in [-0.39, 0.29) is 5.41 Å². The van der Waals surface area contributed by atoms with E-state index in [9.17, 15) is 0 Å². The maximum atomic E-state index is 8.59. The number of nitrogens with two attached hydrogens (primary N) is 1. The third kappa shape index (κ3) is 3.22. The Bertz CT molecular complexity index is 422. The van der Waals surface area contributed by atoms with Crippen LogP contribution in [0.1, 0.15) is 25.0 Å². The summed E-state index contributed by atoms with van der Waals surface area (Å²) in [5.74, 6) is 0.334. The van der Waals surface area contributed by atoms with E-state index in [0.717, 1.165) is 32.4 Å². The molecule has 18 heavy (non-hydrogen) atoms. The van der Waals surface area contributed by atoms with E-state index < -0.39 is 0 Å². The van der Waals surface area contributed by atoms with E-state index in [1.165, 1.54) is 5.69 Å². The van der Waals surface area contributed by atoms with Crippen molar-refractivity contribution in [2.24, 2.45) is 23.4 Å². The molecule has 0 atom stereocenters. The molecular formula is C12H21N5O. The Labute approximate surface area is 107 Å². The Hall–Kier alpha value is -1.56. The second kappa shape index (κ2) is 5.39. The number of amidine groups is 1. The first-order chi connectivity index (χ1) is 8.65. The molecule has 6 heteroatoms. The van der Waals surface area contributed by atoms with Gasteiger partial charge in [-0.1, -0.05) is 5.16 Å². The third-order valence-electron chi connectivity index (χ3n) is 3.62. The van der Waals surface area contributed by atoms with Crippen molar-refractivity contribution in [1.29, 1.82) is 0 Å². The summed E-state index contributed by atoms with van der Waals surface area (Å²) in [5, 5.41) is 19.2. The van der Waals surface area contributed by atoms with Crippen LogP contribution in [0.4, 0.5) is 0 Å². The van der Waals surface area contributed by atoms with Crippen LogP contribution in [0.15, 0.2) is 17.4 Å². The molecule has 0 amide bonds. The molecule has 0 aromatic carbocycles. The topological polar surface area (TPSA) is 88.5 Å². The summed E-state index contributed by atoms with van der Waals surface area (Å²) in [6, 6.07) is 2.03. The van der Waals surface area contributed by atoms with Gasteiger partial charge in [0.25, 0.3) is 0 Å². The van der Waals surface area contributed by atoms with Crippen molar-refractivity contribution in [3.63, 3.8) is 0 Å². The van der Waals surface area contributed by atoms with Gasteiger partial charge in [-0.2, -0.15) is 5.10 Å². The SMILES string of the molecule is Cn1nccc1CCNCC1(C/C(N)=N/O)CC1. The molecule has 1 fully saturated rings. The summed E-state index contributed by atoms with van der Waals surface area (Å²) in [6.07, 6.45) is 5.78. The fourth-order valence-electron chi connectivity index (χ4n) is 2.23. The highest BCUT2D eigenvalue weighted by Gasteiger charge is 2.42. The molecule has 6 nitrogen and oxygen atoms in total. The molecule has 4 N–H and O–H groups in total. The fourth-order valence-corrected chi connectivity index (χ4v) is 2.23. The van der Waals surface area contributed by atoms with Crippen LogP contribution in [0.2, 0.25) is 0 Å². The number of hydrogen-bond acceptors (Lipinski definition) is 4. The summed E-state index contributed by atoms with van der Waals surface area (Å²) >= 11 is 0. The molecule has 1 aromatic rings. The Morgan fingerprint density at radius 3 is 3.00 bits per heavy atom. The smallest absolute Gasteiger partial charge is 0.139 e. The number of oxime groups is 1. The molecule has 0 spiro atoms. The van der Waals surface area contributed by atoms with Gasteiger partial charge in [0.15, 0.2) is 0 Å². The van der Waals surface area contributed by atoms with E-state index >= 15 is 0 Å². The van der Waals surface area contributed by atoms with Crippen molar-refractivity contribution in [2.75, 3.05) is 13.1 Å². The maximum absolute atomic E-state index is 8.59. The number of rotatable bonds is 7. The number of aryl methyl sites for hydroxylation is 1. The van der Waals surface area contributed by atoms with Crippen molar-refractivity contribution < 1.29 is 5.21 Å². The van der Waals surface area contributed by atoms with Crippen molar-refractivity contribution in [3.8, 4) is 0 Å². The van der Waals surface area contributed by atoms with Crippen LogP contribution in [-0.4, -0.2) is 33.9 Å². The summed E-state index contributed by atoms with van der Waals surface area (Å²) < 4.78 is 1.89. The Morgan fingerprint density at radius 1 is 1.67 bits per heavy atom. The summed E-state index contributed by atoms with van der Waals surface area (Å²) in [6.45, 7) is 1.86. The fraction of sp³-hybridized carbons (Fsp3) is 0.667. The normalized spacial score (nSPS) is 17.9. The number of aromatic nitrogens is 2. The van der Waals surface area contributed by atoms with Crippen molar-refractivity contribution >= 4 is 5.84 Å². The van der Waals surface area contributed by atoms with Crippen LogP contribution >= 0.6 is 0 Å². The van der Waals surface area contributed by atoms with Gasteiger partial charge < -0.3 is 16.3 Å². The largest absolute Gasteiger partial charge is 0.409 e. The van der Waals surface area contributed by atoms with Crippen molar-refractivity contribution in [3.05, 3.63) is 18.0 Å². The highest BCUT2D eigenvalue weighted by atomic mass is 16.4. The second-order valence-corrected chi connectivity index (χ2v) is 5.14. The molecule has 0 saturated heterocycles. The highest BCUT2D eigenvalue weighted by molar-refractivity contribution is 5.80. The lowest BCUT2D eigenvalue weighted by Gasteiger charge is -2.15. The minimum absolute atomic E-state index is 0.225. The van der Waals surface area contributed by atoms with Gasteiger partial charge in [-0.3, -0.25) is 4.68 Å². The lowest BCUT2D eigenvalue weighted by atomic mass is 10.0. The minimum Gasteiger partial charge on any atom is -0.409 e. The minimum atomic E-state index is 0.225. The first-order valence-corrected chi connectivity index (χ1v) is 6.29. The standard InChI is InChI=1S/C12H21N5O/c1-17-10(3-7-15-17)2-6-14-9-12(4-5-12)8-11(13)16-18/h3,7,14,18H,2,4-6,8-9H2,1H3,(H2,13,16). The zero-order valence-corrected chi connectivity index (χ0v) is 10.8. The molecule has 1 aromatic heterocycles. The molecule has 1 aliphatic carbocycles. The highest BCUT2D eigenvalue weighted by Crippen LogP contribution is 2.48. The van der Waals surface area contributed by atoms with Crippen LogP contribution < -0.4 is 11.1 Å². The molecule has 1 saturated carbocycles. The van der Waals surface area contributed by atoms with Crippen LogP contribution in [0.5, 0.6) is 0 Å². The lowest BCUT2D eigenvalue weighted by molar-refractivity contribution is 0.314. The quantitative estimate of drug-likeness (QED) is 0.216. The predicted molar refractivity (Wildman–Crippen MR) is 69.5 cm³/mol. The van der Waals surface area contributed by atoms with Gasteiger partial charge in [0.2, 0.25) is 0 Å². The summed E-state index contributed by atoms with van der Waals surface area (Å²) in [7, 11) is 1.95. The average molecular weight is 251 g/mol. The van der Waals surface area contributed by atoms with Gasteiger partial charge in [0.05, 0.1) is 0 Å². The third-order valence-corrected chi connectivity index (χ3v) is 3.62. The van der Waals surface area contributed by atoms with Gasteiger partial charge in [-0.15, -0.1) is 0 Å². The summed E-state index contributed by atoms with van der Waals surface area (Å²) in [4.78, 5) is 0. The van der Waals surface area contributed by atoms with Crippen LogP contribution in [0.25, 0.3) is 0 Å². The van der Waals surface area contributed by atoms with Crippen molar-refractivity contribution in [1.82, 2.24) is 15.1 Å². The molecule has 0 radical (unpaired) electrons. The molecule has 0 bridgehead atoms. The monoisotopic (exact) mass is 251 g/mol. The van der Waals surface area contributed by atoms with E-state index in [1.54, 1.807) is 0 Å². The van der Waals surface area contributed by atoms with Crippen LogP contribution in [-0.2, 0) is 13.5 Å². The predicted octanol–water partition coefficient (Wildman–Crippen LogP) is 0.469. The Balaban J connectivity index is 1.68. The first kappa shape index (κ1) is 12.9. The van der Waals surface area contributed by atoms with Gasteiger partial charge in [-0.25, -0.2) is 0 Å². The average Bonchev–Trinajstić information content (AvgIpc) is 3.00. The second-order valence-electron chi connectivity index (χ2n) is 5.14. The van der Waals surface area contributed by atoms with E-state index in [0.29, 0.717) is 12.3 Å². The van der Waals surface area contributed by atoms with Crippen molar-refractivity contribution in [2.45, 2.75) is 25.7 Å². The maximum Gasteiger partial charge on any atom is 0.139 e. The van der Waals surface area contributed by atoms with Gasteiger partial charge in [-0.05, 0) is 24.3 Å². The number of hydrogen-bond donors (Lipinski definition) is 3. The zero-order chi connectivity index (χ0) is 13.0. The first-order valence-electron chi connectivity index (χ1n) is 6.29. The lowest BCUT2D eigenvalue weighted by Crippen LogP contribution is -2.29. The van der Waals surface area contributed by atoms with Gasteiger partial charge in [0.1, 0.15) is 5.84 Å². The molecular weight excluding hydrogens is 230 g/mol. The number of nitrogens with zero attached hydrogens (tertiary/aromatic N) is 3. The van der Waals surface area contributed by atoms with Crippen LogP contribution in [0.3, 0.4) is 0 Å². The Kier molecular flexibility index (Phi) is 3.86. The zero-order valence-electron chi connectivity index (χ0n) is 10.8. The number of nitrogens with one attached hydrogen (secondary N) is 1. The van der Waals surface area contributed by atoms with Gasteiger partial charge in [0, 0.05) is 44.9 Å². The van der Waals surface area contributed by atoms with E-state index in [4.69, 9.17) is 10.9 Å².